The monoisotopic (exact) mass is 1920 g/mol. The van der Waals surface area contributed by atoms with Gasteiger partial charge in [-0.05, 0) is 189 Å². The number of hydrogen-bond acceptors (Lipinski definition) is 16. The van der Waals surface area contributed by atoms with Gasteiger partial charge in [0.25, 0.3) is 0 Å². The molecule has 1 heterocycles. The van der Waals surface area contributed by atoms with Crippen molar-refractivity contribution in [1.82, 2.24) is 19.6 Å². The maximum Gasteiger partial charge on any atom is 0.306 e. The molecule has 0 N–H and O–H groups in total. The summed E-state index contributed by atoms with van der Waals surface area (Å²) in [4.78, 5) is 64.6. The number of nitrogens with zero attached hydrogens (tertiary/aromatic N) is 4. The molecule has 6 unspecified atom stereocenters. The maximum absolute atomic E-state index is 13.8. The van der Waals surface area contributed by atoms with Crippen LogP contribution in [-0.2, 0) is 55.8 Å². The van der Waals surface area contributed by atoms with Crippen molar-refractivity contribution in [2.45, 2.75) is 606 Å². The molecule has 0 bridgehead atoms. The molecule has 0 aromatic rings. The number of piperazine rings is 1. The number of esters is 4. The predicted molar refractivity (Wildman–Crippen MR) is 573 cm³/mol. The summed E-state index contributed by atoms with van der Waals surface area (Å²) in [7, 11) is -8.65. The van der Waals surface area contributed by atoms with Crippen LogP contribution < -0.4 is 0 Å². The fraction of sp³-hybridized carbons (Fsp3) is 0.964. The van der Waals surface area contributed by atoms with E-state index in [0.29, 0.717) is 65.0 Å². The molecule has 20 heteroatoms. The first-order chi connectivity index (χ1) is 61.9. The predicted octanol–water partition coefficient (Wildman–Crippen LogP) is 32.0. The summed E-state index contributed by atoms with van der Waals surface area (Å²) < 4.78 is 54.1. The number of carbonyl (C=O) groups is 4. The lowest BCUT2D eigenvalue weighted by Gasteiger charge is -2.44. The lowest BCUT2D eigenvalue weighted by atomic mass is 10.0. The molecule has 1 aliphatic heterocycles. The fourth-order valence-electron chi connectivity index (χ4n) is 17.6. The smallest absolute Gasteiger partial charge is 0.306 e. The lowest BCUT2D eigenvalue weighted by Crippen LogP contribution is -2.57. The molecule has 0 spiro atoms. The second-order valence-corrected chi connectivity index (χ2v) is 66.2. The molecule has 778 valence electrons. The Kier molecular flexibility index (Phi) is 71.5. The summed E-state index contributed by atoms with van der Waals surface area (Å²) in [6.07, 6.45) is 62.3. The number of carbonyl (C=O) groups excluding carboxylic acids is 4. The number of rotatable bonds is 86. The average molecular weight is 1920 g/mol. The van der Waals surface area contributed by atoms with Crippen LogP contribution in [0.15, 0.2) is 0 Å². The van der Waals surface area contributed by atoms with E-state index in [-0.39, 0.29) is 86.6 Å². The van der Waals surface area contributed by atoms with Crippen molar-refractivity contribution < 1.29 is 55.8 Å². The zero-order chi connectivity index (χ0) is 98.1. The second-order valence-electron chi connectivity index (χ2n) is 47.2. The van der Waals surface area contributed by atoms with Gasteiger partial charge in [0.1, 0.15) is 19.3 Å². The fourth-order valence-corrected chi connectivity index (χ4v) is 23.1. The molecule has 0 aliphatic carbocycles. The Labute approximate surface area is 818 Å². The third-order valence-corrected chi connectivity index (χ3v) is 48.7. The molecule has 0 amide bonds. The van der Waals surface area contributed by atoms with Crippen molar-refractivity contribution in [2.24, 2.45) is 0 Å². The van der Waals surface area contributed by atoms with E-state index in [2.05, 4.69) is 204 Å². The summed E-state index contributed by atoms with van der Waals surface area (Å²) in [5.74, 6) is -0.367. The average Bonchev–Trinajstić information content (AvgIpc) is 0.837. The Balaban J connectivity index is 3.26. The first-order valence-electron chi connectivity index (χ1n) is 56.2. The molecule has 1 saturated heterocycles. The van der Waals surface area contributed by atoms with Crippen molar-refractivity contribution in [3.8, 4) is 0 Å². The number of ether oxygens (including phenoxy) is 4. The van der Waals surface area contributed by atoms with E-state index in [9.17, 15) is 19.2 Å². The van der Waals surface area contributed by atoms with Gasteiger partial charge in [-0.1, -0.05) is 362 Å². The van der Waals surface area contributed by atoms with Crippen LogP contribution in [0.2, 0.25) is 72.5 Å². The zero-order valence-corrected chi connectivity index (χ0v) is 96.5. The quantitative estimate of drug-likeness (QED) is 0.0245. The maximum atomic E-state index is 13.8. The van der Waals surface area contributed by atoms with Crippen LogP contribution in [0.5, 0.6) is 0 Å². The molecule has 0 aromatic carbocycles. The van der Waals surface area contributed by atoms with Crippen molar-refractivity contribution in [2.75, 3.05) is 85.3 Å². The van der Waals surface area contributed by atoms with E-state index in [4.69, 9.17) is 36.7 Å². The van der Waals surface area contributed by atoms with Gasteiger partial charge in [0.05, 0.1) is 31.0 Å². The minimum atomic E-state index is -2.24. The van der Waals surface area contributed by atoms with E-state index in [0.717, 1.165) is 168 Å². The van der Waals surface area contributed by atoms with E-state index >= 15 is 0 Å². The van der Waals surface area contributed by atoms with Crippen LogP contribution >= 0.6 is 0 Å². The van der Waals surface area contributed by atoms with Gasteiger partial charge in [-0.25, -0.2) is 0 Å². The number of unbranched alkanes of at least 4 members (excludes halogenated alkanes) is 37. The summed E-state index contributed by atoms with van der Waals surface area (Å²) in [5, 5.41) is 0.241. The van der Waals surface area contributed by atoms with Gasteiger partial charge in [-0.3, -0.25) is 38.8 Å². The minimum Gasteiger partial charge on any atom is -0.466 e. The molecule has 16 nitrogen and oxygen atoms in total. The van der Waals surface area contributed by atoms with Crippen LogP contribution in [0.25, 0.3) is 0 Å². The van der Waals surface area contributed by atoms with Gasteiger partial charge in [-0.2, -0.15) is 0 Å². The van der Waals surface area contributed by atoms with Gasteiger partial charge in [0, 0.05) is 90.1 Å². The van der Waals surface area contributed by atoms with Crippen molar-refractivity contribution in [1.29, 1.82) is 0 Å². The van der Waals surface area contributed by atoms with Crippen molar-refractivity contribution in [3.05, 3.63) is 0 Å². The molecule has 1 rings (SSSR count). The van der Waals surface area contributed by atoms with Gasteiger partial charge < -0.3 is 36.7 Å². The summed E-state index contributed by atoms with van der Waals surface area (Å²) >= 11 is 0. The van der Waals surface area contributed by atoms with Gasteiger partial charge in [-0.15, -0.1) is 0 Å². The molecular weight excluding hydrogens is 1690 g/mol. The Hall–Kier alpha value is -1.57. The molecular formula is C111H226N4O12Si4. The summed E-state index contributed by atoms with van der Waals surface area (Å²) in [6, 6.07) is 0.521. The van der Waals surface area contributed by atoms with Crippen LogP contribution in [0.4, 0.5) is 0 Å². The Morgan fingerprint density at radius 3 is 0.802 bits per heavy atom. The zero-order valence-electron chi connectivity index (χ0n) is 92.5. The highest BCUT2D eigenvalue weighted by Crippen LogP contribution is 2.43. The molecule has 0 aromatic heterocycles. The number of hydrogen-bond donors (Lipinski definition) is 0. The third kappa shape index (κ3) is 63.8. The van der Waals surface area contributed by atoms with Crippen molar-refractivity contribution in [3.63, 3.8) is 0 Å². The largest absolute Gasteiger partial charge is 0.466 e. The second kappa shape index (κ2) is 73.5. The first kappa shape index (κ1) is 127. The lowest BCUT2D eigenvalue weighted by molar-refractivity contribution is -0.150. The van der Waals surface area contributed by atoms with Gasteiger partial charge in [0.15, 0.2) is 33.3 Å². The summed E-state index contributed by atoms with van der Waals surface area (Å²) in [5.41, 5.74) is 0. The summed E-state index contributed by atoms with van der Waals surface area (Å²) in [6.45, 7) is 72.6. The molecule has 0 radical (unpaired) electrons. The Bertz CT molecular complexity index is 2700. The minimum absolute atomic E-state index is 0.00583. The van der Waals surface area contributed by atoms with Crippen LogP contribution in [0.3, 0.4) is 0 Å². The third-order valence-electron chi connectivity index (χ3n) is 30.5. The Morgan fingerprint density at radius 1 is 0.275 bits per heavy atom. The van der Waals surface area contributed by atoms with Crippen molar-refractivity contribution >= 4 is 57.1 Å². The molecule has 0 saturated carbocycles. The molecule has 6 atom stereocenters. The van der Waals surface area contributed by atoms with E-state index < -0.39 is 33.3 Å². The normalized spacial score (nSPS) is 16.0. The van der Waals surface area contributed by atoms with E-state index in [1.807, 2.05) is 0 Å². The standard InChI is InChI=1S/C111H226N4O12Si4/c1-28-33-38-43-48-51-54-61-71-88-120-105(117)82-72-79-103(127-131(26,27)111(17,18)19)96-112(93-102(126-130(24,25)110(14,15)16)78-67-62-69-81-107(119)123-99(74-63-55-46-41-36-31-4)75-64-56-47-42-37-32-5)84-70-60-59-68-80-104(116)121-89-86-114-91-98(7)115(92-97(114)6)87-90-122-106(118)83-73-85-113(94-100(124-128(20,21)108(8,9)10)76-65-57-52-49-44-39-34-29-2)95-101(125-129(22,23)109(11,12)13)77-66-58-53-50-45-40-35-30-3/h97-103H,28-96H2,1-27H3. The topological polar surface area (TPSA) is 155 Å². The van der Waals surface area contributed by atoms with Crippen LogP contribution in [-0.4, -0.2) is 205 Å². The highest BCUT2D eigenvalue weighted by molar-refractivity contribution is 6.75. The molecule has 131 heavy (non-hydrogen) atoms. The van der Waals surface area contributed by atoms with Gasteiger partial charge >= 0.3 is 23.9 Å². The Morgan fingerprint density at radius 2 is 0.496 bits per heavy atom. The van der Waals surface area contributed by atoms with Crippen LogP contribution in [0.1, 0.15) is 491 Å². The van der Waals surface area contributed by atoms with Crippen LogP contribution in [0, 0.1) is 0 Å². The SMILES string of the molecule is CCCCCCCCCCCOC(=O)CCCC(CN(CCCCCCC(=O)OCCN1CC(C)N(CCOC(=O)CCCN(CC(CCCCCCCCCC)O[Si](C)(C)C(C)(C)C)CC(CCCCCCCCCC)O[Si](C)(C)C(C)(C)C)CC1C)CC(CCCCCC(=O)OC(CCCCCCCC)CCCCCCCC)O[Si](C)(C)C(C)(C)C)O[Si](C)(C)C(C)(C)C. The highest BCUT2D eigenvalue weighted by Gasteiger charge is 2.44. The molecule has 1 fully saturated rings. The van der Waals surface area contributed by atoms with E-state index in [1.54, 1.807) is 0 Å². The highest BCUT2D eigenvalue weighted by atomic mass is 28.4. The molecule has 1 aliphatic rings. The van der Waals surface area contributed by atoms with E-state index in [1.165, 1.54) is 212 Å². The van der Waals surface area contributed by atoms with Gasteiger partial charge in [0.2, 0.25) is 0 Å². The first-order valence-corrected chi connectivity index (χ1v) is 67.8.